The molecule has 4 rings (SSSR count). The van der Waals surface area contributed by atoms with Crippen LogP contribution in [0.15, 0.2) is 18.2 Å². The molecule has 4 atom stereocenters. The summed E-state index contributed by atoms with van der Waals surface area (Å²) in [4.78, 5) is 10.9. The van der Waals surface area contributed by atoms with E-state index in [0.717, 1.165) is 51.4 Å². The molecule has 182 valence electrons. The van der Waals surface area contributed by atoms with E-state index >= 15 is 0 Å². The first-order valence-corrected chi connectivity index (χ1v) is 12.3. The van der Waals surface area contributed by atoms with E-state index in [9.17, 15) is 25.9 Å². The maximum Gasteiger partial charge on any atom is 0.288 e. The van der Waals surface area contributed by atoms with Crippen molar-refractivity contribution >= 4 is 23.2 Å². The first-order chi connectivity index (χ1) is 16.8. The van der Waals surface area contributed by atoms with E-state index in [1.54, 1.807) is 0 Å². The van der Waals surface area contributed by atoms with Crippen molar-refractivity contribution in [2.75, 3.05) is 0 Å². The third-order valence-corrected chi connectivity index (χ3v) is 8.11. The van der Waals surface area contributed by atoms with Crippen molar-refractivity contribution in [1.29, 1.82) is 21.2 Å². The SMILES string of the molecule is N#CC1(C#N)C(c2ccc(Cl)c([N+](=O)[O-])c2)OC23CCCCCCCCCCC2C1(C#N)C(=N)O3. The minimum Gasteiger partial charge on any atom is -0.447 e. The van der Waals surface area contributed by atoms with Crippen LogP contribution in [0.4, 0.5) is 5.69 Å². The zero-order valence-corrected chi connectivity index (χ0v) is 20.0. The summed E-state index contributed by atoms with van der Waals surface area (Å²) in [6.07, 6.45) is 7.22. The number of rotatable bonds is 2. The lowest BCUT2D eigenvalue weighted by Gasteiger charge is -2.50. The van der Waals surface area contributed by atoms with Gasteiger partial charge in [0.1, 0.15) is 11.1 Å². The Hall–Kier alpha value is -3.19. The molecule has 1 aliphatic carbocycles. The molecule has 10 heteroatoms. The molecular weight excluding hydrogens is 470 g/mol. The van der Waals surface area contributed by atoms with Crippen LogP contribution in [-0.4, -0.2) is 16.6 Å². The summed E-state index contributed by atoms with van der Waals surface area (Å²) < 4.78 is 12.6. The average Bonchev–Trinajstić information content (AvgIpc) is 3.02. The molecule has 0 spiro atoms. The molecule has 1 aromatic rings. The molecule has 3 aliphatic rings. The molecule has 9 nitrogen and oxygen atoms in total. The highest BCUT2D eigenvalue weighted by Gasteiger charge is 2.79. The summed E-state index contributed by atoms with van der Waals surface area (Å²) in [7, 11) is 0. The summed E-state index contributed by atoms with van der Waals surface area (Å²) in [6, 6.07) is 10.2. The molecule has 1 aromatic carbocycles. The number of benzene rings is 1. The molecule has 4 unspecified atom stereocenters. The highest BCUT2D eigenvalue weighted by Crippen LogP contribution is 2.68. The fourth-order valence-corrected chi connectivity index (χ4v) is 6.24. The Morgan fingerprint density at radius 2 is 1.66 bits per heavy atom. The number of hydrogen-bond donors (Lipinski definition) is 1. The van der Waals surface area contributed by atoms with Gasteiger partial charge in [-0.05, 0) is 24.5 Å². The first-order valence-electron chi connectivity index (χ1n) is 12.0. The van der Waals surface area contributed by atoms with Crippen LogP contribution in [0, 0.1) is 66.3 Å². The lowest BCUT2D eigenvalue weighted by Crippen LogP contribution is -2.59. The van der Waals surface area contributed by atoms with Gasteiger partial charge >= 0.3 is 0 Å². The van der Waals surface area contributed by atoms with E-state index in [1.807, 2.05) is 12.1 Å². The maximum absolute atomic E-state index is 11.6. The van der Waals surface area contributed by atoms with Crippen molar-refractivity contribution in [3.63, 3.8) is 0 Å². The quantitative estimate of drug-likeness (QED) is 0.383. The van der Waals surface area contributed by atoms with Crippen LogP contribution in [0.25, 0.3) is 0 Å². The Bertz CT molecular complexity index is 1150. The maximum atomic E-state index is 11.6. The number of nitrogens with one attached hydrogen (secondary N) is 1. The topological polar surface area (TPSA) is 157 Å². The molecule has 0 aromatic heterocycles. The summed E-state index contributed by atoms with van der Waals surface area (Å²) in [6.45, 7) is 0. The molecule has 2 heterocycles. The van der Waals surface area contributed by atoms with E-state index in [4.69, 9.17) is 26.5 Å². The Balaban J connectivity index is 1.92. The third-order valence-electron chi connectivity index (χ3n) is 7.79. The molecule has 1 saturated carbocycles. The van der Waals surface area contributed by atoms with E-state index in [1.165, 1.54) is 18.2 Å². The zero-order chi connectivity index (χ0) is 25.3. The highest BCUT2D eigenvalue weighted by atomic mass is 35.5. The second-order valence-corrected chi connectivity index (χ2v) is 9.99. The summed E-state index contributed by atoms with van der Waals surface area (Å²) in [5.41, 5.74) is -4.25. The Labute approximate surface area is 208 Å². The van der Waals surface area contributed by atoms with Gasteiger partial charge in [0.15, 0.2) is 5.41 Å². The van der Waals surface area contributed by atoms with Crippen LogP contribution in [0.1, 0.15) is 75.9 Å². The van der Waals surface area contributed by atoms with Gasteiger partial charge in [0.2, 0.25) is 17.1 Å². The molecule has 1 N–H and O–H groups in total. The third kappa shape index (κ3) is 3.64. The van der Waals surface area contributed by atoms with E-state index in [0.29, 0.717) is 12.8 Å². The summed E-state index contributed by atoms with van der Waals surface area (Å²) in [5, 5.41) is 51.6. The number of ether oxygens (including phenoxy) is 2. The molecule has 0 radical (unpaired) electrons. The lowest BCUT2D eigenvalue weighted by atomic mass is 9.52. The van der Waals surface area contributed by atoms with Crippen LogP contribution in [0.2, 0.25) is 5.02 Å². The predicted octanol–water partition coefficient (Wildman–Crippen LogP) is 6.10. The van der Waals surface area contributed by atoms with Crippen molar-refractivity contribution in [3.05, 3.63) is 38.9 Å². The molecule has 2 bridgehead atoms. The number of nitro groups is 1. The molecule has 3 fully saturated rings. The molecule has 35 heavy (non-hydrogen) atoms. The van der Waals surface area contributed by atoms with Crippen LogP contribution in [-0.2, 0) is 9.47 Å². The zero-order valence-electron chi connectivity index (χ0n) is 19.3. The highest BCUT2D eigenvalue weighted by molar-refractivity contribution is 6.32. The Kier molecular flexibility index (Phi) is 6.73. The van der Waals surface area contributed by atoms with Crippen LogP contribution in [0.3, 0.4) is 0 Å². The van der Waals surface area contributed by atoms with Gasteiger partial charge in [0.05, 0.1) is 29.0 Å². The van der Waals surface area contributed by atoms with Gasteiger partial charge in [-0.1, -0.05) is 62.6 Å². The predicted molar refractivity (Wildman–Crippen MR) is 125 cm³/mol. The van der Waals surface area contributed by atoms with Gasteiger partial charge in [-0.2, -0.15) is 15.8 Å². The number of nitriles is 3. The van der Waals surface area contributed by atoms with E-state index in [-0.39, 0.29) is 10.6 Å². The van der Waals surface area contributed by atoms with Gasteiger partial charge in [0, 0.05) is 12.5 Å². The molecule has 0 amide bonds. The van der Waals surface area contributed by atoms with Gasteiger partial charge < -0.3 is 9.47 Å². The Morgan fingerprint density at radius 1 is 1.03 bits per heavy atom. The lowest BCUT2D eigenvalue weighted by molar-refractivity contribution is -0.384. The first kappa shape index (κ1) is 24.9. The minimum atomic E-state index is -2.15. The van der Waals surface area contributed by atoms with Crippen molar-refractivity contribution < 1.29 is 14.4 Å². The van der Waals surface area contributed by atoms with Crippen LogP contribution in [0.5, 0.6) is 0 Å². The smallest absolute Gasteiger partial charge is 0.288 e. The fourth-order valence-electron chi connectivity index (χ4n) is 6.05. The van der Waals surface area contributed by atoms with Gasteiger partial charge in [-0.25, -0.2) is 0 Å². The number of nitro benzene ring substituents is 1. The monoisotopic (exact) mass is 495 g/mol. The standard InChI is InChI=1S/C25H26ClN5O4/c26-18-11-10-17(13-19(18)31(32)33)21-23(14-27,15-28)24(16-29)20-9-7-5-3-1-2-4-6-8-12-25(20,34-21)35-22(24)30/h10-11,13,20-21,30H,1-9,12H2. The van der Waals surface area contributed by atoms with Gasteiger partial charge in [-0.3, -0.25) is 15.5 Å². The van der Waals surface area contributed by atoms with Crippen molar-refractivity contribution in [2.45, 2.75) is 76.1 Å². The second kappa shape index (κ2) is 9.46. The van der Waals surface area contributed by atoms with Gasteiger partial charge in [-0.15, -0.1) is 0 Å². The van der Waals surface area contributed by atoms with E-state index < -0.39 is 45.1 Å². The van der Waals surface area contributed by atoms with Gasteiger partial charge in [0.25, 0.3) is 5.69 Å². The molecular formula is C25H26ClN5O4. The van der Waals surface area contributed by atoms with Crippen molar-refractivity contribution in [1.82, 2.24) is 0 Å². The normalized spacial score (nSPS) is 32.3. The number of halogens is 1. The van der Waals surface area contributed by atoms with E-state index in [2.05, 4.69) is 6.07 Å². The number of nitrogens with zero attached hydrogens (tertiary/aromatic N) is 4. The largest absolute Gasteiger partial charge is 0.447 e. The summed E-state index contributed by atoms with van der Waals surface area (Å²) >= 11 is 6.00. The minimum absolute atomic E-state index is 0.0990. The second-order valence-electron chi connectivity index (χ2n) is 9.58. The van der Waals surface area contributed by atoms with Crippen LogP contribution < -0.4 is 0 Å². The van der Waals surface area contributed by atoms with Crippen LogP contribution >= 0.6 is 11.6 Å². The molecule has 2 aliphatic heterocycles. The summed E-state index contributed by atoms with van der Waals surface area (Å²) in [5.74, 6) is -2.50. The van der Waals surface area contributed by atoms with Crippen molar-refractivity contribution in [3.8, 4) is 18.2 Å². The fraction of sp³-hybridized carbons (Fsp3) is 0.600. The average molecular weight is 496 g/mol. The van der Waals surface area contributed by atoms with Crippen molar-refractivity contribution in [2.24, 2.45) is 16.7 Å². The molecule has 2 saturated heterocycles. The Morgan fingerprint density at radius 3 is 2.26 bits per heavy atom. The number of hydrogen-bond acceptors (Lipinski definition) is 8.